The standard InChI is InChI=1S/C21H24FN7O2S/c22-15-1-3-16(4-2-15)26-20-9-11-25-21(28-20)27-17-5-7-19(8-6-17)32(30,31)29(12-10-23)18-13-24-14-18/h1-9,11,18,24H,10,12-14,23H2,(H2,25,26,27,28). The summed E-state index contributed by atoms with van der Waals surface area (Å²) < 4.78 is 40.6. The van der Waals surface area contributed by atoms with Crippen molar-refractivity contribution in [2.24, 2.45) is 5.73 Å². The number of nitrogens with zero attached hydrogens (tertiary/aromatic N) is 3. The van der Waals surface area contributed by atoms with Crippen LogP contribution in [0.4, 0.5) is 27.5 Å². The van der Waals surface area contributed by atoms with E-state index < -0.39 is 10.0 Å². The number of nitrogens with one attached hydrogen (secondary N) is 3. The Labute approximate surface area is 185 Å². The highest BCUT2D eigenvalue weighted by Crippen LogP contribution is 2.23. The number of sulfonamides is 1. The Balaban J connectivity index is 1.46. The molecular formula is C21H24FN7O2S. The Kier molecular flexibility index (Phi) is 6.61. The first-order chi connectivity index (χ1) is 15.5. The third-order valence-electron chi connectivity index (χ3n) is 5.01. The van der Waals surface area contributed by atoms with Crippen LogP contribution in [-0.2, 0) is 10.0 Å². The first kappa shape index (κ1) is 22.1. The fourth-order valence-corrected chi connectivity index (χ4v) is 4.89. The quantitative estimate of drug-likeness (QED) is 0.385. The normalized spacial score (nSPS) is 14.2. The molecule has 1 aliphatic heterocycles. The molecule has 1 fully saturated rings. The molecule has 1 aromatic heterocycles. The van der Waals surface area contributed by atoms with E-state index in [1.807, 2.05) is 0 Å². The summed E-state index contributed by atoms with van der Waals surface area (Å²) >= 11 is 0. The van der Waals surface area contributed by atoms with Gasteiger partial charge in [0.15, 0.2) is 0 Å². The van der Waals surface area contributed by atoms with Gasteiger partial charge in [-0.15, -0.1) is 0 Å². The molecule has 0 unspecified atom stereocenters. The Bertz CT molecular complexity index is 1150. The molecule has 2 aromatic carbocycles. The van der Waals surface area contributed by atoms with Gasteiger partial charge in [0.25, 0.3) is 0 Å². The van der Waals surface area contributed by atoms with Gasteiger partial charge in [0.1, 0.15) is 11.6 Å². The summed E-state index contributed by atoms with van der Waals surface area (Å²) in [6.07, 6.45) is 1.58. The average Bonchev–Trinajstić information content (AvgIpc) is 2.74. The predicted octanol–water partition coefficient (Wildman–Crippen LogP) is 2.02. The Morgan fingerprint density at radius 1 is 1.03 bits per heavy atom. The summed E-state index contributed by atoms with van der Waals surface area (Å²) in [4.78, 5) is 8.77. The summed E-state index contributed by atoms with van der Waals surface area (Å²) in [5.41, 5.74) is 6.95. The van der Waals surface area contributed by atoms with Gasteiger partial charge in [-0.1, -0.05) is 0 Å². The molecule has 5 N–H and O–H groups in total. The van der Waals surface area contributed by atoms with E-state index in [-0.39, 0.29) is 29.8 Å². The van der Waals surface area contributed by atoms with E-state index in [0.29, 0.717) is 36.2 Å². The second kappa shape index (κ2) is 9.57. The van der Waals surface area contributed by atoms with Crippen molar-refractivity contribution < 1.29 is 12.8 Å². The van der Waals surface area contributed by atoms with Crippen molar-refractivity contribution in [2.75, 3.05) is 36.8 Å². The first-order valence-electron chi connectivity index (χ1n) is 10.1. The molecule has 3 aromatic rings. The number of benzene rings is 2. The molecule has 32 heavy (non-hydrogen) atoms. The zero-order chi connectivity index (χ0) is 22.6. The monoisotopic (exact) mass is 457 g/mol. The third kappa shape index (κ3) is 5.02. The average molecular weight is 458 g/mol. The van der Waals surface area contributed by atoms with Crippen LogP contribution < -0.4 is 21.7 Å². The summed E-state index contributed by atoms with van der Waals surface area (Å²) in [7, 11) is -3.64. The molecule has 4 rings (SSSR count). The van der Waals surface area contributed by atoms with Crippen LogP contribution in [0.25, 0.3) is 0 Å². The van der Waals surface area contributed by atoms with Crippen LogP contribution in [0.5, 0.6) is 0 Å². The van der Waals surface area contributed by atoms with E-state index in [0.717, 1.165) is 0 Å². The van der Waals surface area contributed by atoms with Crippen molar-refractivity contribution in [3.05, 3.63) is 66.6 Å². The SMILES string of the molecule is NCCN(C1CNC1)S(=O)(=O)c1ccc(Nc2nccc(Nc3ccc(F)cc3)n2)cc1. The summed E-state index contributed by atoms with van der Waals surface area (Å²) in [5.74, 6) is 0.541. The molecule has 1 saturated heterocycles. The molecule has 0 bridgehead atoms. The number of hydrogen-bond donors (Lipinski definition) is 4. The smallest absolute Gasteiger partial charge is 0.243 e. The molecule has 168 valence electrons. The maximum absolute atomic E-state index is 13.1. The maximum atomic E-state index is 13.1. The number of nitrogens with two attached hydrogens (primary N) is 1. The lowest BCUT2D eigenvalue weighted by Gasteiger charge is -2.37. The largest absolute Gasteiger partial charge is 0.340 e. The first-order valence-corrected chi connectivity index (χ1v) is 11.5. The van der Waals surface area contributed by atoms with Gasteiger partial charge < -0.3 is 21.7 Å². The van der Waals surface area contributed by atoms with E-state index in [4.69, 9.17) is 5.73 Å². The lowest BCUT2D eigenvalue weighted by molar-refractivity contribution is 0.246. The summed E-state index contributed by atoms with van der Waals surface area (Å²) in [6, 6.07) is 14.0. The summed E-state index contributed by atoms with van der Waals surface area (Å²) in [6.45, 7) is 1.78. The van der Waals surface area contributed by atoms with Crippen LogP contribution in [0.15, 0.2) is 65.7 Å². The summed E-state index contributed by atoms with van der Waals surface area (Å²) in [5, 5.41) is 9.22. The molecule has 11 heteroatoms. The van der Waals surface area contributed by atoms with Crippen molar-refractivity contribution in [3.63, 3.8) is 0 Å². The fraction of sp³-hybridized carbons (Fsp3) is 0.238. The van der Waals surface area contributed by atoms with Crippen molar-refractivity contribution in [3.8, 4) is 0 Å². The highest BCUT2D eigenvalue weighted by molar-refractivity contribution is 7.89. The van der Waals surface area contributed by atoms with E-state index in [1.165, 1.54) is 16.4 Å². The van der Waals surface area contributed by atoms with Crippen LogP contribution in [0, 0.1) is 5.82 Å². The zero-order valence-electron chi connectivity index (χ0n) is 17.2. The highest BCUT2D eigenvalue weighted by Gasteiger charge is 2.34. The van der Waals surface area contributed by atoms with Gasteiger partial charge in [-0.3, -0.25) is 0 Å². The molecule has 0 spiro atoms. The van der Waals surface area contributed by atoms with Crippen molar-refractivity contribution in [1.29, 1.82) is 0 Å². The van der Waals surface area contributed by atoms with Gasteiger partial charge in [0.2, 0.25) is 16.0 Å². The molecule has 0 aliphatic carbocycles. The zero-order valence-corrected chi connectivity index (χ0v) is 18.0. The van der Waals surface area contributed by atoms with Crippen LogP contribution in [0.2, 0.25) is 0 Å². The van der Waals surface area contributed by atoms with Crippen LogP contribution >= 0.6 is 0 Å². The second-order valence-electron chi connectivity index (χ2n) is 7.26. The minimum absolute atomic E-state index is 0.0777. The number of halogens is 1. The van der Waals surface area contributed by atoms with E-state index in [1.54, 1.807) is 48.7 Å². The molecule has 0 atom stereocenters. The lowest BCUT2D eigenvalue weighted by Crippen LogP contribution is -2.59. The van der Waals surface area contributed by atoms with Gasteiger partial charge in [-0.2, -0.15) is 9.29 Å². The van der Waals surface area contributed by atoms with Crippen LogP contribution in [0.3, 0.4) is 0 Å². The molecule has 1 aliphatic rings. The molecule has 0 radical (unpaired) electrons. The van der Waals surface area contributed by atoms with Gasteiger partial charge >= 0.3 is 0 Å². The highest BCUT2D eigenvalue weighted by atomic mass is 32.2. The third-order valence-corrected chi connectivity index (χ3v) is 6.97. The lowest BCUT2D eigenvalue weighted by atomic mass is 10.2. The Hall–Kier alpha value is -3.12. The topological polar surface area (TPSA) is 125 Å². The van der Waals surface area contributed by atoms with Crippen molar-refractivity contribution >= 4 is 33.2 Å². The molecule has 0 amide bonds. The van der Waals surface area contributed by atoms with E-state index in [2.05, 4.69) is 25.9 Å². The predicted molar refractivity (Wildman–Crippen MR) is 121 cm³/mol. The number of aromatic nitrogens is 2. The van der Waals surface area contributed by atoms with E-state index in [9.17, 15) is 12.8 Å². The molecule has 0 saturated carbocycles. The van der Waals surface area contributed by atoms with Gasteiger partial charge in [0, 0.05) is 43.8 Å². The number of rotatable bonds is 9. The minimum atomic E-state index is -3.64. The number of anilines is 4. The minimum Gasteiger partial charge on any atom is -0.340 e. The second-order valence-corrected chi connectivity index (χ2v) is 9.15. The van der Waals surface area contributed by atoms with E-state index >= 15 is 0 Å². The number of hydrogen-bond acceptors (Lipinski definition) is 8. The van der Waals surface area contributed by atoms with Crippen LogP contribution in [-0.4, -0.2) is 54.9 Å². The molecule has 9 nitrogen and oxygen atoms in total. The maximum Gasteiger partial charge on any atom is 0.243 e. The van der Waals surface area contributed by atoms with Crippen molar-refractivity contribution in [1.82, 2.24) is 19.6 Å². The Morgan fingerprint density at radius 3 is 2.31 bits per heavy atom. The Morgan fingerprint density at radius 2 is 1.69 bits per heavy atom. The van der Waals surface area contributed by atoms with Crippen LogP contribution in [0.1, 0.15) is 0 Å². The molecule has 2 heterocycles. The molecular weight excluding hydrogens is 433 g/mol. The van der Waals surface area contributed by atoms with Gasteiger partial charge in [0.05, 0.1) is 10.9 Å². The fourth-order valence-electron chi connectivity index (χ4n) is 3.25. The van der Waals surface area contributed by atoms with Crippen molar-refractivity contribution in [2.45, 2.75) is 10.9 Å². The van der Waals surface area contributed by atoms with Gasteiger partial charge in [-0.25, -0.2) is 17.8 Å². The van der Waals surface area contributed by atoms with Gasteiger partial charge in [-0.05, 0) is 54.6 Å².